The molecule has 8 heavy (non-hydrogen) atoms. The van der Waals surface area contributed by atoms with Crippen molar-refractivity contribution >= 4 is 34.7 Å². The molecule has 0 unspecified atom stereocenters. The van der Waals surface area contributed by atoms with Crippen LogP contribution in [0.5, 0.6) is 0 Å². The van der Waals surface area contributed by atoms with Gasteiger partial charge < -0.3 is 10.5 Å². The molecule has 0 bridgehead atoms. The summed E-state index contributed by atoms with van der Waals surface area (Å²) in [6.45, 7) is 0. The van der Waals surface area contributed by atoms with Crippen LogP contribution in [0.15, 0.2) is 0 Å². The lowest BCUT2D eigenvalue weighted by Crippen LogP contribution is -2.18. The maximum Gasteiger partial charge on any atom is 0.412 e. The number of carbonyl (C=O) groups is 2. The standard InChI is InChI=1S/C3H4INO3/c4-1-2(6)8-3(5)7/h1H2,(H2,5,7). The highest BCUT2D eigenvalue weighted by molar-refractivity contribution is 14.1. The normalized spacial score (nSPS) is 8.12. The first kappa shape index (κ1) is 7.67. The van der Waals surface area contributed by atoms with Crippen LogP contribution in [-0.4, -0.2) is 16.5 Å². The molecule has 0 spiro atoms. The van der Waals surface area contributed by atoms with Gasteiger partial charge >= 0.3 is 12.1 Å². The van der Waals surface area contributed by atoms with E-state index in [4.69, 9.17) is 0 Å². The van der Waals surface area contributed by atoms with E-state index in [9.17, 15) is 9.59 Å². The van der Waals surface area contributed by atoms with Crippen molar-refractivity contribution in [1.82, 2.24) is 0 Å². The Balaban J connectivity index is 3.40. The van der Waals surface area contributed by atoms with Gasteiger partial charge in [-0.05, 0) is 0 Å². The molecule has 0 fully saturated rings. The third-order valence-corrected chi connectivity index (χ3v) is 0.946. The van der Waals surface area contributed by atoms with Crippen molar-refractivity contribution in [1.29, 1.82) is 0 Å². The van der Waals surface area contributed by atoms with Gasteiger partial charge in [0, 0.05) is 0 Å². The molecule has 0 heterocycles. The molecule has 4 nitrogen and oxygen atoms in total. The molecule has 5 heteroatoms. The SMILES string of the molecule is NC(=O)OC(=O)CI. The second-order valence-corrected chi connectivity index (χ2v) is 1.69. The van der Waals surface area contributed by atoms with Gasteiger partial charge in [-0.25, -0.2) is 4.79 Å². The molecule has 0 aromatic carbocycles. The molecular weight excluding hydrogens is 225 g/mol. The number of rotatable bonds is 1. The number of hydrogen-bond donors (Lipinski definition) is 1. The van der Waals surface area contributed by atoms with Crippen molar-refractivity contribution in [2.45, 2.75) is 0 Å². The Bertz CT molecular complexity index is 113. The van der Waals surface area contributed by atoms with Crippen LogP contribution < -0.4 is 5.73 Å². The van der Waals surface area contributed by atoms with E-state index in [1.165, 1.54) is 0 Å². The van der Waals surface area contributed by atoms with Gasteiger partial charge in [0.1, 0.15) is 0 Å². The highest BCUT2D eigenvalue weighted by Crippen LogP contribution is 1.84. The summed E-state index contributed by atoms with van der Waals surface area (Å²) in [6, 6.07) is 0. The minimum Gasteiger partial charge on any atom is -0.376 e. The highest BCUT2D eigenvalue weighted by atomic mass is 127. The van der Waals surface area contributed by atoms with Gasteiger partial charge in [0.2, 0.25) is 0 Å². The minimum atomic E-state index is -1.05. The molecule has 1 amide bonds. The minimum absolute atomic E-state index is 0.140. The topological polar surface area (TPSA) is 69.4 Å². The second-order valence-electron chi connectivity index (χ2n) is 0.927. The number of halogens is 1. The van der Waals surface area contributed by atoms with Crippen LogP contribution in [-0.2, 0) is 9.53 Å². The van der Waals surface area contributed by atoms with E-state index in [0.29, 0.717) is 0 Å². The van der Waals surface area contributed by atoms with Crippen molar-refractivity contribution in [3.63, 3.8) is 0 Å². The summed E-state index contributed by atoms with van der Waals surface area (Å²) in [5, 5.41) is 0. The molecule has 0 aliphatic rings. The zero-order valence-corrected chi connectivity index (χ0v) is 6.04. The van der Waals surface area contributed by atoms with Crippen molar-refractivity contribution in [2.24, 2.45) is 5.73 Å². The summed E-state index contributed by atoms with van der Waals surface area (Å²) in [7, 11) is 0. The predicted molar refractivity (Wildman–Crippen MR) is 34.6 cm³/mol. The van der Waals surface area contributed by atoms with Crippen molar-refractivity contribution in [3.05, 3.63) is 0 Å². The molecule has 0 atom stereocenters. The zero-order valence-electron chi connectivity index (χ0n) is 3.89. The molecule has 0 aliphatic carbocycles. The van der Waals surface area contributed by atoms with Gasteiger partial charge in [-0.3, -0.25) is 4.79 Å². The smallest absolute Gasteiger partial charge is 0.376 e. The lowest BCUT2D eigenvalue weighted by molar-refractivity contribution is -0.133. The van der Waals surface area contributed by atoms with E-state index in [1.807, 2.05) is 0 Å². The maximum absolute atomic E-state index is 10.1. The van der Waals surface area contributed by atoms with E-state index < -0.39 is 12.1 Å². The molecule has 0 aliphatic heterocycles. The first-order chi connectivity index (χ1) is 3.66. The molecule has 46 valence electrons. The number of ether oxygens (including phenoxy) is 1. The molecule has 0 aromatic heterocycles. The molecule has 0 saturated heterocycles. The average molecular weight is 229 g/mol. The van der Waals surface area contributed by atoms with Crippen LogP contribution in [0.3, 0.4) is 0 Å². The number of amides is 1. The molecule has 0 rings (SSSR count). The molecule has 2 N–H and O–H groups in total. The van der Waals surface area contributed by atoms with E-state index in [1.54, 1.807) is 22.6 Å². The van der Waals surface area contributed by atoms with Gasteiger partial charge in [0.05, 0.1) is 4.43 Å². The van der Waals surface area contributed by atoms with E-state index >= 15 is 0 Å². The Morgan fingerprint density at radius 3 is 2.25 bits per heavy atom. The van der Waals surface area contributed by atoms with Crippen molar-refractivity contribution in [2.75, 3.05) is 4.43 Å². The highest BCUT2D eigenvalue weighted by Gasteiger charge is 2.01. The summed E-state index contributed by atoms with van der Waals surface area (Å²) in [5.74, 6) is -0.613. The monoisotopic (exact) mass is 229 g/mol. The summed E-state index contributed by atoms with van der Waals surface area (Å²) in [5.41, 5.74) is 4.48. The fourth-order valence-corrected chi connectivity index (χ4v) is 0.295. The maximum atomic E-state index is 10.1. The van der Waals surface area contributed by atoms with E-state index in [-0.39, 0.29) is 4.43 Å². The Morgan fingerprint density at radius 2 is 2.12 bits per heavy atom. The Labute approximate surface area is 59.5 Å². The fourth-order valence-electron chi connectivity index (χ4n) is 0.139. The van der Waals surface area contributed by atoms with Crippen LogP contribution in [0, 0.1) is 0 Å². The van der Waals surface area contributed by atoms with Crippen molar-refractivity contribution in [3.8, 4) is 0 Å². The first-order valence-corrected chi connectivity index (χ1v) is 3.25. The second kappa shape index (κ2) is 3.65. The Kier molecular flexibility index (Phi) is 3.49. The van der Waals surface area contributed by atoms with Crippen LogP contribution in [0.4, 0.5) is 4.79 Å². The quantitative estimate of drug-likeness (QED) is 0.298. The fraction of sp³-hybridized carbons (Fsp3) is 0.333. The molecule has 0 aromatic rings. The number of carbonyl (C=O) groups excluding carboxylic acids is 2. The molecular formula is C3H4INO3. The van der Waals surface area contributed by atoms with Crippen LogP contribution in [0.25, 0.3) is 0 Å². The van der Waals surface area contributed by atoms with E-state index in [2.05, 4.69) is 10.5 Å². The van der Waals surface area contributed by atoms with Crippen LogP contribution in [0.1, 0.15) is 0 Å². The van der Waals surface area contributed by atoms with Gasteiger partial charge in [0.15, 0.2) is 0 Å². The summed E-state index contributed by atoms with van der Waals surface area (Å²) >= 11 is 1.76. The third-order valence-electron chi connectivity index (χ3n) is 0.324. The zero-order chi connectivity index (χ0) is 6.57. The average Bonchev–Trinajstić information content (AvgIpc) is 1.65. The van der Waals surface area contributed by atoms with Gasteiger partial charge in [-0.15, -0.1) is 0 Å². The molecule has 0 radical (unpaired) electrons. The largest absolute Gasteiger partial charge is 0.412 e. The summed E-state index contributed by atoms with van der Waals surface area (Å²) in [6.07, 6.45) is -1.05. The number of alkyl halides is 1. The Morgan fingerprint density at radius 1 is 1.62 bits per heavy atom. The summed E-state index contributed by atoms with van der Waals surface area (Å²) < 4.78 is 4.03. The lowest BCUT2D eigenvalue weighted by Gasteiger charge is -1.90. The van der Waals surface area contributed by atoms with Gasteiger partial charge in [-0.1, -0.05) is 22.6 Å². The lowest BCUT2D eigenvalue weighted by atomic mass is 10.8. The number of esters is 1. The van der Waals surface area contributed by atoms with E-state index in [0.717, 1.165) is 0 Å². The predicted octanol–water partition coefficient (Wildman–Crippen LogP) is 0.0433. The van der Waals surface area contributed by atoms with Crippen LogP contribution in [0.2, 0.25) is 0 Å². The van der Waals surface area contributed by atoms with Crippen LogP contribution >= 0.6 is 22.6 Å². The van der Waals surface area contributed by atoms with Gasteiger partial charge in [-0.2, -0.15) is 0 Å². The van der Waals surface area contributed by atoms with Gasteiger partial charge in [0.25, 0.3) is 0 Å². The third kappa shape index (κ3) is 3.85. The van der Waals surface area contributed by atoms with Crippen molar-refractivity contribution < 1.29 is 14.3 Å². The Hall–Kier alpha value is -0.330. The number of primary amides is 1. The summed E-state index contributed by atoms with van der Waals surface area (Å²) in [4.78, 5) is 19.8. The number of hydrogen-bond acceptors (Lipinski definition) is 3. The first-order valence-electron chi connectivity index (χ1n) is 1.73. The number of nitrogens with two attached hydrogens (primary N) is 1. The molecule has 0 saturated carbocycles.